The quantitative estimate of drug-likeness (QED) is 0.878. The highest BCUT2D eigenvalue weighted by atomic mass is 32.2. The van der Waals surface area contributed by atoms with E-state index in [1.165, 1.54) is 32.1 Å². The van der Waals surface area contributed by atoms with Crippen molar-refractivity contribution in [1.82, 2.24) is 9.78 Å². The van der Waals surface area contributed by atoms with Crippen molar-refractivity contribution in [2.45, 2.75) is 56.9 Å². The molecule has 0 spiro atoms. The van der Waals surface area contributed by atoms with Crippen molar-refractivity contribution in [3.8, 4) is 0 Å². The third-order valence-electron chi connectivity index (χ3n) is 3.40. The Balaban J connectivity index is 1.77. The van der Waals surface area contributed by atoms with Crippen LogP contribution in [0.25, 0.3) is 0 Å². The summed E-state index contributed by atoms with van der Waals surface area (Å²) >= 11 is 1.93. The second-order valence-corrected chi connectivity index (χ2v) is 6.07. The van der Waals surface area contributed by atoms with Gasteiger partial charge in [-0.1, -0.05) is 19.3 Å². The van der Waals surface area contributed by atoms with Crippen LogP contribution in [0, 0.1) is 0 Å². The third-order valence-corrected chi connectivity index (χ3v) is 4.85. The molecule has 1 fully saturated rings. The molecule has 1 N–H and O–H groups in total. The Morgan fingerprint density at radius 2 is 2.24 bits per heavy atom. The second kappa shape index (κ2) is 6.45. The minimum atomic E-state index is -0.359. The predicted octanol–water partition coefficient (Wildman–Crippen LogP) is 3.00. The summed E-state index contributed by atoms with van der Waals surface area (Å²) in [7, 11) is 0. The van der Waals surface area contributed by atoms with Gasteiger partial charge in [0.25, 0.3) is 0 Å². The Morgan fingerprint density at radius 1 is 1.47 bits per heavy atom. The van der Waals surface area contributed by atoms with Crippen molar-refractivity contribution >= 4 is 11.8 Å². The molecule has 0 aromatic carbocycles. The Labute approximate surface area is 108 Å². The van der Waals surface area contributed by atoms with Gasteiger partial charge in [0.15, 0.2) is 0 Å². The van der Waals surface area contributed by atoms with E-state index in [0.717, 1.165) is 23.1 Å². The summed E-state index contributed by atoms with van der Waals surface area (Å²) in [4.78, 5) is 0. The zero-order valence-electron chi connectivity index (χ0n) is 10.5. The van der Waals surface area contributed by atoms with E-state index in [2.05, 4.69) is 12.0 Å². The highest BCUT2D eigenvalue weighted by Gasteiger charge is 2.17. The molecule has 17 heavy (non-hydrogen) atoms. The summed E-state index contributed by atoms with van der Waals surface area (Å²) in [5, 5.41) is 15.0. The Bertz CT molecular complexity index is 334. The van der Waals surface area contributed by atoms with Gasteiger partial charge in [-0.05, 0) is 19.8 Å². The fourth-order valence-electron chi connectivity index (χ4n) is 2.28. The van der Waals surface area contributed by atoms with Crippen LogP contribution in [0.15, 0.2) is 12.4 Å². The third kappa shape index (κ3) is 3.75. The molecule has 0 aliphatic heterocycles. The molecular weight excluding hydrogens is 232 g/mol. The monoisotopic (exact) mass is 254 g/mol. The molecule has 1 aliphatic carbocycles. The molecule has 1 aromatic heterocycles. The molecule has 1 aromatic rings. The van der Waals surface area contributed by atoms with Crippen LogP contribution in [-0.4, -0.2) is 25.9 Å². The van der Waals surface area contributed by atoms with Crippen LogP contribution in [0.1, 0.15) is 50.7 Å². The standard InChI is InChI=1S/C13H22N2OS/c1-2-15-9-11(8-14-15)13(16)10-17-12-6-4-3-5-7-12/h8-9,12-13,16H,2-7,10H2,1H3. The Morgan fingerprint density at radius 3 is 2.88 bits per heavy atom. The first-order valence-corrected chi connectivity index (χ1v) is 7.66. The topological polar surface area (TPSA) is 38.0 Å². The largest absolute Gasteiger partial charge is 0.387 e. The first kappa shape index (κ1) is 13.0. The first-order valence-electron chi connectivity index (χ1n) is 6.61. The molecule has 0 bridgehead atoms. The van der Waals surface area contributed by atoms with Gasteiger partial charge >= 0.3 is 0 Å². The molecule has 0 radical (unpaired) electrons. The number of thioether (sulfide) groups is 1. The van der Waals surface area contributed by atoms with Gasteiger partial charge in [-0.3, -0.25) is 4.68 Å². The molecule has 0 saturated heterocycles. The minimum absolute atomic E-state index is 0.359. The molecule has 2 rings (SSSR count). The van der Waals surface area contributed by atoms with Crippen molar-refractivity contribution in [3.05, 3.63) is 18.0 Å². The van der Waals surface area contributed by atoms with Gasteiger partial charge in [-0.15, -0.1) is 0 Å². The lowest BCUT2D eigenvalue weighted by Crippen LogP contribution is -2.11. The van der Waals surface area contributed by atoms with Crippen LogP contribution >= 0.6 is 11.8 Å². The minimum Gasteiger partial charge on any atom is -0.387 e. The van der Waals surface area contributed by atoms with Gasteiger partial charge in [0.1, 0.15) is 0 Å². The van der Waals surface area contributed by atoms with Crippen LogP contribution in [-0.2, 0) is 6.54 Å². The van der Waals surface area contributed by atoms with Crippen LogP contribution in [0.5, 0.6) is 0 Å². The summed E-state index contributed by atoms with van der Waals surface area (Å²) in [6, 6.07) is 0. The molecule has 0 amide bonds. The SMILES string of the molecule is CCn1cc(C(O)CSC2CCCCC2)cn1. The number of aliphatic hydroxyl groups excluding tert-OH is 1. The van der Waals surface area contributed by atoms with Gasteiger partial charge < -0.3 is 5.11 Å². The van der Waals surface area contributed by atoms with E-state index in [9.17, 15) is 5.11 Å². The molecule has 1 heterocycles. The van der Waals surface area contributed by atoms with Gasteiger partial charge in [-0.25, -0.2) is 0 Å². The number of hydrogen-bond acceptors (Lipinski definition) is 3. The van der Waals surface area contributed by atoms with Gasteiger partial charge in [0, 0.05) is 29.3 Å². The van der Waals surface area contributed by atoms with Gasteiger partial charge in [0.2, 0.25) is 0 Å². The summed E-state index contributed by atoms with van der Waals surface area (Å²) in [6.07, 6.45) is 10.1. The molecule has 4 heteroatoms. The van der Waals surface area contributed by atoms with Crippen LogP contribution in [0.4, 0.5) is 0 Å². The van der Waals surface area contributed by atoms with Gasteiger partial charge in [0.05, 0.1) is 12.3 Å². The zero-order valence-corrected chi connectivity index (χ0v) is 11.3. The number of nitrogens with zero attached hydrogens (tertiary/aromatic N) is 2. The smallest absolute Gasteiger partial charge is 0.0910 e. The van der Waals surface area contributed by atoms with E-state index in [0.29, 0.717) is 0 Å². The Kier molecular flexibility index (Phi) is 4.92. The van der Waals surface area contributed by atoms with E-state index in [-0.39, 0.29) is 6.10 Å². The maximum atomic E-state index is 10.1. The maximum absolute atomic E-state index is 10.1. The molecule has 1 atom stereocenters. The molecule has 96 valence electrons. The first-order chi connectivity index (χ1) is 8.29. The second-order valence-electron chi connectivity index (χ2n) is 4.74. The number of aromatic nitrogens is 2. The fourth-order valence-corrected chi connectivity index (χ4v) is 3.59. The van der Waals surface area contributed by atoms with E-state index in [1.807, 2.05) is 22.6 Å². The molecule has 1 unspecified atom stereocenters. The maximum Gasteiger partial charge on any atom is 0.0910 e. The molecule has 1 aliphatic rings. The summed E-state index contributed by atoms with van der Waals surface area (Å²) in [6.45, 7) is 2.92. The van der Waals surface area contributed by atoms with Crippen LogP contribution in [0.2, 0.25) is 0 Å². The van der Waals surface area contributed by atoms with Crippen molar-refractivity contribution in [2.75, 3.05) is 5.75 Å². The van der Waals surface area contributed by atoms with Gasteiger partial charge in [-0.2, -0.15) is 16.9 Å². The zero-order chi connectivity index (χ0) is 12.1. The van der Waals surface area contributed by atoms with E-state index < -0.39 is 0 Å². The fraction of sp³-hybridized carbons (Fsp3) is 0.769. The van der Waals surface area contributed by atoms with Crippen LogP contribution in [0.3, 0.4) is 0 Å². The highest BCUT2D eigenvalue weighted by Crippen LogP contribution is 2.30. The average Bonchev–Trinajstić information content (AvgIpc) is 2.86. The Hall–Kier alpha value is -0.480. The molecule has 3 nitrogen and oxygen atoms in total. The number of aryl methyl sites for hydroxylation is 1. The van der Waals surface area contributed by atoms with E-state index in [1.54, 1.807) is 6.20 Å². The van der Waals surface area contributed by atoms with E-state index in [4.69, 9.17) is 0 Å². The lowest BCUT2D eigenvalue weighted by atomic mass is 10.0. The van der Waals surface area contributed by atoms with Crippen molar-refractivity contribution in [2.24, 2.45) is 0 Å². The summed E-state index contributed by atoms with van der Waals surface area (Å²) < 4.78 is 1.86. The normalized spacial score (nSPS) is 19.4. The number of rotatable bonds is 5. The summed E-state index contributed by atoms with van der Waals surface area (Å²) in [5.41, 5.74) is 0.954. The number of hydrogen-bond donors (Lipinski definition) is 1. The lowest BCUT2D eigenvalue weighted by molar-refractivity contribution is 0.203. The molecule has 1 saturated carbocycles. The average molecular weight is 254 g/mol. The van der Waals surface area contributed by atoms with Crippen LogP contribution < -0.4 is 0 Å². The van der Waals surface area contributed by atoms with Crippen molar-refractivity contribution in [3.63, 3.8) is 0 Å². The number of aliphatic hydroxyl groups is 1. The summed E-state index contributed by atoms with van der Waals surface area (Å²) in [5.74, 6) is 0.806. The molecular formula is C13H22N2OS. The van der Waals surface area contributed by atoms with Crippen molar-refractivity contribution < 1.29 is 5.11 Å². The highest BCUT2D eigenvalue weighted by molar-refractivity contribution is 7.99. The lowest BCUT2D eigenvalue weighted by Gasteiger charge is -2.21. The predicted molar refractivity (Wildman–Crippen MR) is 72.2 cm³/mol. The van der Waals surface area contributed by atoms with E-state index >= 15 is 0 Å². The van der Waals surface area contributed by atoms with Crippen molar-refractivity contribution in [1.29, 1.82) is 0 Å².